The minimum Gasteiger partial charge on any atom is -0.462 e. The van der Waals surface area contributed by atoms with E-state index in [1.165, 1.54) is 50.7 Å². The molecule has 256 valence electrons. The topological polar surface area (TPSA) is 138 Å². The van der Waals surface area contributed by atoms with E-state index in [4.69, 9.17) is 14.2 Å². The van der Waals surface area contributed by atoms with Crippen LogP contribution in [0.2, 0.25) is 0 Å². The van der Waals surface area contributed by atoms with Crippen molar-refractivity contribution in [2.24, 2.45) is 9.98 Å². The maximum Gasteiger partial charge on any atom is 0.357 e. The highest BCUT2D eigenvalue weighted by molar-refractivity contribution is 5.89. The van der Waals surface area contributed by atoms with Gasteiger partial charge < -0.3 is 14.2 Å². The minimum atomic E-state index is -0.642. The fraction of sp³-hybridized carbons (Fsp3) is 0.686. The average molecular weight is 635 g/mol. The Bertz CT molecular complexity index is 947. The Kier molecular flexibility index (Phi) is 35.5. The predicted molar refractivity (Wildman–Crippen MR) is 178 cm³/mol. The highest BCUT2D eigenvalue weighted by Crippen LogP contribution is 2.11. The van der Waals surface area contributed by atoms with E-state index in [2.05, 4.69) is 50.5 Å². The summed E-state index contributed by atoms with van der Waals surface area (Å²) in [5.41, 5.74) is 0.512. The van der Waals surface area contributed by atoms with E-state index in [1.807, 2.05) is 6.92 Å². The molecule has 0 bridgehead atoms. The van der Waals surface area contributed by atoms with Crippen LogP contribution in [0.15, 0.2) is 46.6 Å². The van der Waals surface area contributed by atoms with Gasteiger partial charge >= 0.3 is 17.9 Å². The molecule has 0 heterocycles. The summed E-state index contributed by atoms with van der Waals surface area (Å²) in [6, 6.07) is -0.504. The first kappa shape index (κ1) is 45.8. The van der Waals surface area contributed by atoms with E-state index >= 15 is 0 Å². The highest BCUT2D eigenvalue weighted by atomic mass is 16.5. The van der Waals surface area contributed by atoms with Crippen LogP contribution in [0.5, 0.6) is 0 Å². The zero-order valence-electron chi connectivity index (χ0n) is 28.6. The number of esters is 3. The van der Waals surface area contributed by atoms with Crippen molar-refractivity contribution in [2.45, 2.75) is 137 Å². The molecule has 0 rings (SSSR count). The second kappa shape index (κ2) is 34.9. The Morgan fingerprint density at radius 3 is 1.40 bits per heavy atom. The molecular formula is C35H58N2O8. The van der Waals surface area contributed by atoms with E-state index in [-0.39, 0.29) is 17.2 Å². The van der Waals surface area contributed by atoms with Gasteiger partial charge in [-0.05, 0) is 32.6 Å². The zero-order valence-corrected chi connectivity index (χ0v) is 28.6. The average Bonchev–Trinajstić information content (AvgIpc) is 3.03. The molecule has 0 spiro atoms. The van der Waals surface area contributed by atoms with Gasteiger partial charge in [-0.1, -0.05) is 118 Å². The Balaban J connectivity index is -0.000000597. The minimum absolute atomic E-state index is 0.194. The van der Waals surface area contributed by atoms with Gasteiger partial charge in [0.2, 0.25) is 12.2 Å². The van der Waals surface area contributed by atoms with E-state index < -0.39 is 18.0 Å². The third-order valence-corrected chi connectivity index (χ3v) is 6.22. The summed E-state index contributed by atoms with van der Waals surface area (Å²) in [7, 11) is 0. The van der Waals surface area contributed by atoms with Gasteiger partial charge in [0.15, 0.2) is 5.70 Å². The molecule has 0 fully saturated rings. The molecule has 0 aliphatic carbocycles. The van der Waals surface area contributed by atoms with Crippen LogP contribution < -0.4 is 0 Å². The summed E-state index contributed by atoms with van der Waals surface area (Å²) in [6.45, 7) is 21.6. The number of ether oxygens (including phenoxy) is 3. The molecule has 10 heteroatoms. The Morgan fingerprint density at radius 2 is 1.00 bits per heavy atom. The first-order valence-corrected chi connectivity index (χ1v) is 16.3. The maximum atomic E-state index is 11.5. The van der Waals surface area contributed by atoms with E-state index in [1.54, 1.807) is 6.92 Å². The molecule has 0 saturated heterocycles. The number of hydrogen-bond donors (Lipinski definition) is 0. The molecule has 1 unspecified atom stereocenters. The Morgan fingerprint density at radius 1 is 0.600 bits per heavy atom. The lowest BCUT2D eigenvalue weighted by molar-refractivity contribution is -0.140. The Hall–Kier alpha value is -3.61. The van der Waals surface area contributed by atoms with E-state index in [0.29, 0.717) is 31.8 Å². The molecule has 0 aliphatic rings. The summed E-state index contributed by atoms with van der Waals surface area (Å²) in [5, 5.41) is 0. The summed E-state index contributed by atoms with van der Waals surface area (Å²) >= 11 is 0. The standard InChI is InChI=1S/C13H21NO3.C12H19NO3.C10H18O2/c1-4-6-7-8-9-17-13(16)11(3)12(5-2)14-10-15;1-3-4-5-6-7-8-9-16-12(15)11(2)13-10-14;1-4-5-6-7-8-12-10(11)9(2)3/h12H,3-9H2,1-2H3;2-9H2,1H3;2,4-8H2,1,3H3. The summed E-state index contributed by atoms with van der Waals surface area (Å²) < 4.78 is 14.8. The molecule has 0 saturated carbocycles. The maximum absolute atomic E-state index is 11.5. The number of isocyanates is 2. The summed E-state index contributed by atoms with van der Waals surface area (Å²) in [4.78, 5) is 60.1. The van der Waals surface area contributed by atoms with E-state index in [0.717, 1.165) is 51.4 Å². The largest absolute Gasteiger partial charge is 0.462 e. The first-order chi connectivity index (χ1) is 21.6. The molecular weight excluding hydrogens is 576 g/mol. The van der Waals surface area contributed by atoms with Crippen LogP contribution in [-0.4, -0.2) is 55.9 Å². The molecule has 10 nitrogen and oxygen atoms in total. The van der Waals surface area contributed by atoms with Crippen LogP contribution in [0.1, 0.15) is 131 Å². The first-order valence-electron chi connectivity index (χ1n) is 16.3. The van der Waals surface area contributed by atoms with Crippen molar-refractivity contribution in [1.29, 1.82) is 0 Å². The van der Waals surface area contributed by atoms with Gasteiger partial charge in [0, 0.05) is 5.57 Å². The number of unbranched alkanes of at least 4 members (excludes halogenated alkanes) is 11. The monoisotopic (exact) mass is 634 g/mol. The molecule has 0 N–H and O–H groups in total. The predicted octanol–water partition coefficient (Wildman–Crippen LogP) is 8.21. The third-order valence-electron chi connectivity index (χ3n) is 6.22. The molecule has 0 radical (unpaired) electrons. The van der Waals surface area contributed by atoms with Crippen LogP contribution >= 0.6 is 0 Å². The molecule has 0 aromatic rings. The smallest absolute Gasteiger partial charge is 0.357 e. The number of hydrogen-bond acceptors (Lipinski definition) is 10. The van der Waals surface area contributed by atoms with Gasteiger partial charge in [0.05, 0.1) is 31.4 Å². The number of aliphatic imine (C=N–C) groups is 2. The summed E-state index contributed by atoms with van der Waals surface area (Å²) in [5.74, 6) is -1.38. The lowest BCUT2D eigenvalue weighted by Gasteiger charge is -2.11. The second-order valence-electron chi connectivity index (χ2n) is 10.4. The number of nitrogens with zero attached hydrogens (tertiary/aromatic N) is 2. The molecule has 0 aromatic heterocycles. The summed E-state index contributed by atoms with van der Waals surface area (Å²) in [6.07, 6.45) is 18.7. The van der Waals surface area contributed by atoms with Crippen molar-refractivity contribution in [3.8, 4) is 0 Å². The number of rotatable bonds is 24. The van der Waals surface area contributed by atoms with Crippen molar-refractivity contribution in [3.05, 3.63) is 36.6 Å². The fourth-order valence-corrected chi connectivity index (χ4v) is 3.45. The molecule has 0 amide bonds. The molecule has 45 heavy (non-hydrogen) atoms. The SMILES string of the molecule is C=C(C(=O)OCCCCCC)C(CC)N=C=O.C=C(C)C(=O)OCCCCCC.C=C(N=C=O)C(=O)OCCCCCCCC. The molecule has 0 aromatic carbocycles. The van der Waals surface area contributed by atoms with Crippen molar-refractivity contribution in [1.82, 2.24) is 0 Å². The van der Waals surface area contributed by atoms with Gasteiger partial charge in [-0.15, -0.1) is 0 Å². The zero-order chi connectivity index (χ0) is 34.7. The van der Waals surface area contributed by atoms with Crippen LogP contribution in [0, 0.1) is 0 Å². The molecule has 1 atom stereocenters. The van der Waals surface area contributed by atoms with Gasteiger partial charge in [-0.25, -0.2) is 24.0 Å². The Labute approximate surface area is 271 Å². The van der Waals surface area contributed by atoms with Gasteiger partial charge in [0.25, 0.3) is 0 Å². The second-order valence-corrected chi connectivity index (χ2v) is 10.4. The van der Waals surface area contributed by atoms with E-state index in [9.17, 15) is 24.0 Å². The van der Waals surface area contributed by atoms with Crippen LogP contribution in [0.4, 0.5) is 0 Å². The van der Waals surface area contributed by atoms with Crippen molar-refractivity contribution < 1.29 is 38.2 Å². The number of carbonyl (C=O) groups excluding carboxylic acids is 5. The molecule has 0 aliphatic heterocycles. The van der Waals surface area contributed by atoms with Crippen LogP contribution in [0.3, 0.4) is 0 Å². The third kappa shape index (κ3) is 31.6. The van der Waals surface area contributed by atoms with Crippen LogP contribution in [0.25, 0.3) is 0 Å². The van der Waals surface area contributed by atoms with Gasteiger partial charge in [0.1, 0.15) is 0 Å². The fourth-order valence-electron chi connectivity index (χ4n) is 3.45. The quantitative estimate of drug-likeness (QED) is 0.0259. The number of carbonyl (C=O) groups is 3. The lowest BCUT2D eigenvalue weighted by Crippen LogP contribution is -2.18. The van der Waals surface area contributed by atoms with Crippen molar-refractivity contribution in [2.75, 3.05) is 19.8 Å². The normalized spacial score (nSPS) is 10.2. The lowest BCUT2D eigenvalue weighted by atomic mass is 10.1. The van der Waals surface area contributed by atoms with Crippen LogP contribution in [-0.2, 0) is 38.2 Å². The van der Waals surface area contributed by atoms with Crippen molar-refractivity contribution in [3.63, 3.8) is 0 Å². The van der Waals surface area contributed by atoms with Gasteiger partial charge in [-0.2, -0.15) is 9.98 Å². The highest BCUT2D eigenvalue weighted by Gasteiger charge is 2.17. The van der Waals surface area contributed by atoms with Crippen molar-refractivity contribution >= 4 is 30.1 Å². The van der Waals surface area contributed by atoms with Gasteiger partial charge in [-0.3, -0.25) is 0 Å².